The molecule has 2 heterocycles. The molecule has 1 aromatic heterocycles. The van der Waals surface area contributed by atoms with Crippen LogP contribution in [0.5, 0.6) is 0 Å². The van der Waals surface area contributed by atoms with Crippen LogP contribution in [0.15, 0.2) is 18.5 Å². The molecule has 0 radical (unpaired) electrons. The maximum atomic E-state index is 11.9. The summed E-state index contributed by atoms with van der Waals surface area (Å²) in [6.45, 7) is 2.65. The highest BCUT2D eigenvalue weighted by molar-refractivity contribution is 5.82. The molecule has 0 amide bonds. The Kier molecular flexibility index (Phi) is 3.94. The Hall–Kier alpha value is -2.18. The summed E-state index contributed by atoms with van der Waals surface area (Å²) in [5, 5.41) is 11.0. The number of hydrogen-bond acceptors (Lipinski definition) is 6. The molecule has 0 aliphatic carbocycles. The molecule has 2 rings (SSSR count). The second-order valence-corrected chi connectivity index (χ2v) is 4.22. The number of carbonyl (C=O) groups excluding carboxylic acids is 1. The number of pyridine rings is 1. The molecule has 1 saturated heterocycles. The largest absolute Gasteiger partial charge is 0.464 e. The van der Waals surface area contributed by atoms with Crippen LogP contribution in [0.4, 0.5) is 11.4 Å². The van der Waals surface area contributed by atoms with Crippen LogP contribution in [0.25, 0.3) is 0 Å². The molecule has 1 atom stereocenters. The molecular weight excluding hydrogens is 250 g/mol. The Labute approximate surface area is 110 Å². The molecule has 19 heavy (non-hydrogen) atoms. The maximum absolute atomic E-state index is 11.9. The first kappa shape index (κ1) is 13.3. The Balaban J connectivity index is 2.30. The van der Waals surface area contributed by atoms with E-state index in [0.29, 0.717) is 25.3 Å². The van der Waals surface area contributed by atoms with Crippen LogP contribution in [0.1, 0.15) is 19.8 Å². The third kappa shape index (κ3) is 2.64. The third-order valence-electron chi connectivity index (χ3n) is 3.10. The van der Waals surface area contributed by atoms with Crippen LogP contribution < -0.4 is 4.90 Å². The van der Waals surface area contributed by atoms with Crippen molar-refractivity contribution in [3.05, 3.63) is 28.6 Å². The van der Waals surface area contributed by atoms with Gasteiger partial charge in [-0.05, 0) is 25.8 Å². The van der Waals surface area contributed by atoms with Gasteiger partial charge in [0.1, 0.15) is 17.9 Å². The number of ether oxygens (including phenoxy) is 1. The summed E-state index contributed by atoms with van der Waals surface area (Å²) in [5.74, 6) is -0.328. The smallest absolute Gasteiger partial charge is 0.328 e. The lowest BCUT2D eigenvalue weighted by Crippen LogP contribution is -2.37. The minimum Gasteiger partial charge on any atom is -0.464 e. The number of nitro groups is 1. The van der Waals surface area contributed by atoms with Gasteiger partial charge in [-0.1, -0.05) is 0 Å². The lowest BCUT2D eigenvalue weighted by atomic mass is 10.2. The van der Waals surface area contributed by atoms with Crippen LogP contribution in [0.2, 0.25) is 0 Å². The van der Waals surface area contributed by atoms with Gasteiger partial charge >= 0.3 is 11.7 Å². The van der Waals surface area contributed by atoms with Crippen LogP contribution >= 0.6 is 0 Å². The van der Waals surface area contributed by atoms with Gasteiger partial charge in [0.25, 0.3) is 0 Å². The van der Waals surface area contributed by atoms with Gasteiger partial charge in [0.15, 0.2) is 0 Å². The third-order valence-corrected chi connectivity index (χ3v) is 3.10. The van der Waals surface area contributed by atoms with Crippen molar-refractivity contribution in [3.8, 4) is 0 Å². The highest BCUT2D eigenvalue weighted by atomic mass is 16.6. The van der Waals surface area contributed by atoms with Gasteiger partial charge in [-0.2, -0.15) is 0 Å². The first-order chi connectivity index (χ1) is 9.15. The van der Waals surface area contributed by atoms with E-state index < -0.39 is 11.0 Å². The number of esters is 1. The average Bonchev–Trinajstić information content (AvgIpc) is 2.88. The first-order valence-electron chi connectivity index (χ1n) is 6.16. The molecule has 1 aliphatic heterocycles. The molecule has 7 nitrogen and oxygen atoms in total. The number of anilines is 1. The van der Waals surface area contributed by atoms with Crippen molar-refractivity contribution in [2.45, 2.75) is 25.8 Å². The van der Waals surface area contributed by atoms with Gasteiger partial charge in [-0.25, -0.2) is 4.79 Å². The summed E-state index contributed by atoms with van der Waals surface area (Å²) in [6.07, 6.45) is 4.15. The van der Waals surface area contributed by atoms with Crippen LogP contribution in [-0.2, 0) is 9.53 Å². The predicted molar refractivity (Wildman–Crippen MR) is 67.9 cm³/mol. The summed E-state index contributed by atoms with van der Waals surface area (Å²) in [5.41, 5.74) is 0.342. The van der Waals surface area contributed by atoms with Gasteiger partial charge in [0.2, 0.25) is 0 Å². The molecule has 7 heteroatoms. The van der Waals surface area contributed by atoms with Crippen molar-refractivity contribution in [2.24, 2.45) is 0 Å². The quantitative estimate of drug-likeness (QED) is 0.466. The summed E-state index contributed by atoms with van der Waals surface area (Å²) in [6, 6.07) is 1.12. The van der Waals surface area contributed by atoms with Crippen molar-refractivity contribution in [2.75, 3.05) is 18.1 Å². The molecule has 1 unspecified atom stereocenters. The van der Waals surface area contributed by atoms with Crippen LogP contribution in [-0.4, -0.2) is 35.1 Å². The van der Waals surface area contributed by atoms with E-state index in [-0.39, 0.29) is 11.7 Å². The summed E-state index contributed by atoms with van der Waals surface area (Å²) < 4.78 is 5.01. The summed E-state index contributed by atoms with van der Waals surface area (Å²) >= 11 is 0. The normalized spacial score (nSPS) is 18.4. The molecule has 0 saturated carbocycles. The van der Waals surface area contributed by atoms with Gasteiger partial charge in [0, 0.05) is 12.7 Å². The number of nitrogens with zero attached hydrogens (tertiary/aromatic N) is 3. The van der Waals surface area contributed by atoms with E-state index in [2.05, 4.69) is 4.98 Å². The van der Waals surface area contributed by atoms with Gasteiger partial charge in [-0.15, -0.1) is 0 Å². The minimum absolute atomic E-state index is 0.0845. The SMILES string of the molecule is CCOC(=O)C1CCCN1c1ccncc1[N+](=O)[O-]. The predicted octanol–water partition coefficient (Wildman–Crippen LogP) is 1.52. The van der Waals surface area contributed by atoms with E-state index in [1.165, 1.54) is 12.4 Å². The van der Waals surface area contributed by atoms with Crippen molar-refractivity contribution in [1.82, 2.24) is 4.98 Å². The van der Waals surface area contributed by atoms with E-state index in [0.717, 1.165) is 6.42 Å². The monoisotopic (exact) mass is 265 g/mol. The van der Waals surface area contributed by atoms with Gasteiger partial charge in [-0.3, -0.25) is 15.1 Å². The molecule has 0 bridgehead atoms. The van der Waals surface area contributed by atoms with Crippen LogP contribution in [0, 0.1) is 10.1 Å². The summed E-state index contributed by atoms with van der Waals surface area (Å²) in [4.78, 5) is 27.9. The lowest BCUT2D eigenvalue weighted by molar-refractivity contribution is -0.384. The minimum atomic E-state index is -0.483. The van der Waals surface area contributed by atoms with Gasteiger partial charge < -0.3 is 9.64 Å². The summed E-state index contributed by atoms with van der Waals surface area (Å²) in [7, 11) is 0. The van der Waals surface area contributed by atoms with E-state index >= 15 is 0 Å². The number of aromatic nitrogens is 1. The Morgan fingerprint density at radius 3 is 3.16 bits per heavy atom. The van der Waals surface area contributed by atoms with Crippen LogP contribution in [0.3, 0.4) is 0 Å². The zero-order valence-electron chi connectivity index (χ0n) is 10.6. The number of rotatable bonds is 4. The fourth-order valence-electron chi connectivity index (χ4n) is 2.30. The van der Waals surface area contributed by atoms with E-state index in [1.54, 1.807) is 17.9 Å². The Morgan fingerprint density at radius 1 is 1.68 bits per heavy atom. The zero-order valence-corrected chi connectivity index (χ0v) is 10.6. The fourth-order valence-corrected chi connectivity index (χ4v) is 2.30. The van der Waals surface area contributed by atoms with E-state index in [1.807, 2.05) is 0 Å². The molecule has 0 N–H and O–H groups in total. The van der Waals surface area contributed by atoms with E-state index in [4.69, 9.17) is 4.74 Å². The molecule has 1 aliphatic rings. The number of hydrogen-bond donors (Lipinski definition) is 0. The second-order valence-electron chi connectivity index (χ2n) is 4.22. The fraction of sp³-hybridized carbons (Fsp3) is 0.500. The Morgan fingerprint density at radius 2 is 2.47 bits per heavy atom. The highest BCUT2D eigenvalue weighted by Crippen LogP contribution is 2.32. The molecule has 1 aromatic rings. The lowest BCUT2D eigenvalue weighted by Gasteiger charge is -2.24. The maximum Gasteiger partial charge on any atom is 0.328 e. The zero-order chi connectivity index (χ0) is 13.8. The van der Waals surface area contributed by atoms with Gasteiger partial charge in [0.05, 0.1) is 11.5 Å². The first-order valence-corrected chi connectivity index (χ1v) is 6.16. The van der Waals surface area contributed by atoms with Crippen molar-refractivity contribution < 1.29 is 14.5 Å². The van der Waals surface area contributed by atoms with Crippen molar-refractivity contribution in [3.63, 3.8) is 0 Å². The Bertz CT molecular complexity index is 492. The van der Waals surface area contributed by atoms with E-state index in [9.17, 15) is 14.9 Å². The average molecular weight is 265 g/mol. The molecule has 102 valence electrons. The highest BCUT2D eigenvalue weighted by Gasteiger charge is 2.35. The second kappa shape index (κ2) is 5.64. The molecular formula is C12H15N3O4. The van der Waals surface area contributed by atoms with Crippen molar-refractivity contribution >= 4 is 17.3 Å². The molecule has 0 spiro atoms. The van der Waals surface area contributed by atoms with Crippen molar-refractivity contribution in [1.29, 1.82) is 0 Å². The molecule has 0 aromatic carbocycles. The molecule has 1 fully saturated rings. The number of carbonyl (C=O) groups is 1. The standard InChI is InChI=1S/C12H15N3O4/c1-2-19-12(16)10-4-3-7-14(10)9-5-6-13-8-11(9)15(17)18/h5-6,8,10H,2-4,7H2,1H3. The topological polar surface area (TPSA) is 85.6 Å².